The van der Waals surface area contributed by atoms with Crippen LogP contribution < -0.4 is 16.0 Å². The summed E-state index contributed by atoms with van der Waals surface area (Å²) in [5, 5.41) is 9.94. The minimum absolute atomic E-state index is 0. The maximum atomic E-state index is 12.9. The van der Waals surface area contributed by atoms with Crippen LogP contribution in [0.4, 0.5) is 10.7 Å². The van der Waals surface area contributed by atoms with E-state index in [2.05, 4.69) is 34.8 Å². The van der Waals surface area contributed by atoms with Gasteiger partial charge in [-0.05, 0) is 46.1 Å². The zero-order chi connectivity index (χ0) is 18.9. The summed E-state index contributed by atoms with van der Waals surface area (Å²) in [5.74, 6) is 0.648. The van der Waals surface area contributed by atoms with E-state index in [0.717, 1.165) is 63.2 Å². The molecule has 156 valence electrons. The van der Waals surface area contributed by atoms with Gasteiger partial charge in [0, 0.05) is 43.6 Å². The Balaban J connectivity index is 0.00000225. The molecule has 0 aliphatic carbocycles. The Morgan fingerprint density at radius 3 is 2.79 bits per heavy atom. The normalized spacial score (nSPS) is 24.2. The van der Waals surface area contributed by atoms with Crippen molar-refractivity contribution in [1.82, 2.24) is 25.5 Å². The lowest BCUT2D eigenvalue weighted by Gasteiger charge is -2.34. The number of hydrogen-bond acceptors (Lipinski definition) is 6. The van der Waals surface area contributed by atoms with Crippen molar-refractivity contribution in [2.75, 3.05) is 31.6 Å². The first-order valence-electron chi connectivity index (χ1n) is 10.0. The second kappa shape index (κ2) is 8.84. The monoisotopic (exact) mass is 408 g/mol. The molecule has 3 aliphatic heterocycles. The van der Waals surface area contributed by atoms with Gasteiger partial charge in [0.2, 0.25) is 5.95 Å². The predicted octanol–water partition coefficient (Wildman–Crippen LogP) is 1.69. The highest BCUT2D eigenvalue weighted by Crippen LogP contribution is 2.38. The van der Waals surface area contributed by atoms with E-state index in [-0.39, 0.29) is 25.6 Å². The lowest BCUT2D eigenvalue weighted by molar-refractivity contribution is 0.0903. The molecule has 2 amide bonds. The fourth-order valence-corrected chi connectivity index (χ4v) is 4.19. The molecule has 9 heteroatoms. The van der Waals surface area contributed by atoms with E-state index < -0.39 is 5.54 Å². The number of hydrogen-bond donors (Lipinski definition) is 3. The second-order valence-corrected chi connectivity index (χ2v) is 8.22. The van der Waals surface area contributed by atoms with Crippen molar-refractivity contribution in [3.8, 4) is 0 Å². The van der Waals surface area contributed by atoms with Gasteiger partial charge in [0.25, 0.3) is 0 Å². The van der Waals surface area contributed by atoms with Crippen LogP contribution in [0.25, 0.3) is 0 Å². The molecule has 3 N–H and O–H groups in total. The van der Waals surface area contributed by atoms with Crippen molar-refractivity contribution in [2.24, 2.45) is 0 Å². The van der Waals surface area contributed by atoms with Gasteiger partial charge >= 0.3 is 6.03 Å². The molecule has 0 unspecified atom stereocenters. The number of fused-ring (bicyclic) bond motifs is 1. The zero-order valence-electron chi connectivity index (χ0n) is 16.8. The quantitative estimate of drug-likeness (QED) is 0.705. The number of aromatic nitrogens is 2. The lowest BCUT2D eigenvalue weighted by Crippen LogP contribution is -2.52. The van der Waals surface area contributed by atoms with Gasteiger partial charge in [0.05, 0.1) is 17.8 Å². The van der Waals surface area contributed by atoms with Crippen LogP contribution in [0.1, 0.15) is 50.8 Å². The Hall–Kier alpha value is -1.58. The number of carbonyl (C=O) groups is 1. The van der Waals surface area contributed by atoms with Gasteiger partial charge in [-0.2, -0.15) is 13.5 Å². The number of nitrogens with zero attached hydrogens (tertiary/aromatic N) is 3. The van der Waals surface area contributed by atoms with E-state index in [4.69, 9.17) is 9.72 Å². The van der Waals surface area contributed by atoms with Crippen LogP contribution in [-0.4, -0.2) is 59.3 Å². The summed E-state index contributed by atoms with van der Waals surface area (Å²) < 4.78 is 5.41. The SMILES string of the molecule is CC1(C)c2cnc(NC3CCOCC3)nc2CN1C(=O)N[C@H]1CCCNC1.S. The van der Waals surface area contributed by atoms with E-state index in [1.54, 1.807) is 0 Å². The minimum atomic E-state index is -0.418. The Kier molecular flexibility index (Phi) is 6.67. The molecule has 1 aromatic rings. The maximum absolute atomic E-state index is 12.9. The molecule has 0 bridgehead atoms. The average molecular weight is 409 g/mol. The largest absolute Gasteiger partial charge is 0.381 e. The van der Waals surface area contributed by atoms with Gasteiger partial charge in [-0.25, -0.2) is 14.8 Å². The van der Waals surface area contributed by atoms with Crippen LogP contribution >= 0.6 is 13.5 Å². The molecular weight excluding hydrogens is 376 g/mol. The summed E-state index contributed by atoms with van der Waals surface area (Å²) in [6, 6.07) is 0.526. The van der Waals surface area contributed by atoms with Gasteiger partial charge in [-0.15, -0.1) is 0 Å². The third-order valence-electron chi connectivity index (χ3n) is 5.93. The van der Waals surface area contributed by atoms with Crippen molar-refractivity contribution in [2.45, 2.75) is 63.7 Å². The van der Waals surface area contributed by atoms with Gasteiger partial charge in [0.1, 0.15) is 0 Å². The molecule has 1 aromatic heterocycles. The molecule has 0 saturated carbocycles. The van der Waals surface area contributed by atoms with E-state index in [9.17, 15) is 4.79 Å². The number of anilines is 1. The van der Waals surface area contributed by atoms with Crippen molar-refractivity contribution in [3.63, 3.8) is 0 Å². The lowest BCUT2D eigenvalue weighted by atomic mass is 9.97. The molecule has 4 heterocycles. The number of ether oxygens (including phenoxy) is 1. The van der Waals surface area contributed by atoms with Crippen molar-refractivity contribution in [1.29, 1.82) is 0 Å². The molecule has 3 aliphatic rings. The summed E-state index contributed by atoms with van der Waals surface area (Å²) in [5.41, 5.74) is 1.54. The van der Waals surface area contributed by atoms with Crippen LogP contribution in [0.2, 0.25) is 0 Å². The minimum Gasteiger partial charge on any atom is -0.381 e. The molecule has 0 aromatic carbocycles. The topological polar surface area (TPSA) is 91.4 Å². The summed E-state index contributed by atoms with van der Waals surface area (Å²) in [6.45, 7) is 8.06. The number of urea groups is 1. The van der Waals surface area contributed by atoms with Crippen LogP contribution in [0.3, 0.4) is 0 Å². The molecule has 2 fully saturated rings. The first-order chi connectivity index (χ1) is 13.0. The molecule has 8 nitrogen and oxygen atoms in total. The number of piperidine rings is 1. The Labute approximate surface area is 173 Å². The molecule has 0 radical (unpaired) electrons. The smallest absolute Gasteiger partial charge is 0.318 e. The third-order valence-corrected chi connectivity index (χ3v) is 5.93. The van der Waals surface area contributed by atoms with Crippen molar-refractivity contribution in [3.05, 3.63) is 17.5 Å². The molecule has 0 spiro atoms. The molecule has 4 rings (SSSR count). The number of rotatable bonds is 3. The predicted molar refractivity (Wildman–Crippen MR) is 113 cm³/mol. The van der Waals surface area contributed by atoms with Gasteiger partial charge in [-0.1, -0.05) is 0 Å². The Bertz CT molecular complexity index is 689. The van der Waals surface area contributed by atoms with Crippen LogP contribution in [0.15, 0.2) is 6.20 Å². The molecular formula is C19H32N6O2S. The van der Waals surface area contributed by atoms with Crippen molar-refractivity contribution < 1.29 is 9.53 Å². The number of amides is 2. The first kappa shape index (κ1) is 21.1. The fraction of sp³-hybridized carbons (Fsp3) is 0.737. The van der Waals surface area contributed by atoms with E-state index >= 15 is 0 Å². The van der Waals surface area contributed by atoms with Crippen LogP contribution in [0.5, 0.6) is 0 Å². The number of carbonyl (C=O) groups excluding carboxylic acids is 1. The van der Waals surface area contributed by atoms with E-state index in [1.165, 1.54) is 0 Å². The second-order valence-electron chi connectivity index (χ2n) is 8.22. The van der Waals surface area contributed by atoms with Crippen molar-refractivity contribution >= 4 is 25.5 Å². The van der Waals surface area contributed by atoms with Gasteiger partial charge < -0.3 is 25.6 Å². The molecule has 28 heavy (non-hydrogen) atoms. The molecule has 2 saturated heterocycles. The standard InChI is InChI=1S/C19H30N6O2.H2S/c1-19(2)15-11-21-17(22-13-5-8-27-9-6-13)24-16(15)12-25(19)18(26)23-14-4-3-7-20-10-14;/h11,13-14,20H,3-10,12H2,1-2H3,(H,23,26)(H,21,22,24);1H2/t14-;/m0./s1. The highest BCUT2D eigenvalue weighted by Gasteiger charge is 2.42. The fourth-order valence-electron chi connectivity index (χ4n) is 4.19. The van der Waals surface area contributed by atoms with Gasteiger partial charge in [-0.3, -0.25) is 0 Å². The summed E-state index contributed by atoms with van der Waals surface area (Å²) in [7, 11) is 0. The van der Waals surface area contributed by atoms with Crippen LogP contribution in [0, 0.1) is 0 Å². The summed E-state index contributed by atoms with van der Waals surface area (Å²) in [6.07, 6.45) is 5.94. The Morgan fingerprint density at radius 1 is 1.29 bits per heavy atom. The number of nitrogens with one attached hydrogen (secondary N) is 3. The van der Waals surface area contributed by atoms with Gasteiger partial charge in [0.15, 0.2) is 0 Å². The zero-order valence-corrected chi connectivity index (χ0v) is 17.8. The van der Waals surface area contributed by atoms with Crippen LogP contribution in [-0.2, 0) is 16.8 Å². The third kappa shape index (κ3) is 4.36. The highest BCUT2D eigenvalue weighted by atomic mass is 32.1. The summed E-state index contributed by atoms with van der Waals surface area (Å²) in [4.78, 5) is 24.0. The van der Waals surface area contributed by atoms with E-state index in [1.807, 2.05) is 11.1 Å². The highest BCUT2D eigenvalue weighted by molar-refractivity contribution is 7.59. The average Bonchev–Trinajstić information content (AvgIpc) is 2.94. The molecule has 1 atom stereocenters. The Morgan fingerprint density at radius 2 is 2.07 bits per heavy atom. The maximum Gasteiger partial charge on any atom is 0.318 e. The first-order valence-corrected chi connectivity index (χ1v) is 10.0. The summed E-state index contributed by atoms with van der Waals surface area (Å²) >= 11 is 0. The van der Waals surface area contributed by atoms with E-state index in [0.29, 0.717) is 18.5 Å².